The Hall–Kier alpha value is -2.62. The molecular weight excluding hydrogens is 400 g/mol. The number of amides is 1. The van der Waals surface area contributed by atoms with Gasteiger partial charge in [0.15, 0.2) is 0 Å². The average Bonchev–Trinajstić information content (AvgIpc) is 2.58. The van der Waals surface area contributed by atoms with Crippen LogP contribution in [0.15, 0.2) is 48.5 Å². The van der Waals surface area contributed by atoms with E-state index in [0.717, 1.165) is 34.8 Å². The summed E-state index contributed by atoms with van der Waals surface area (Å²) in [5.74, 6) is -1.42. The number of rotatable bonds is 6. The average molecular weight is 418 g/mol. The van der Waals surface area contributed by atoms with Crippen molar-refractivity contribution in [3.05, 3.63) is 65.5 Å². The number of sulfonamides is 1. The molecule has 0 saturated carbocycles. The number of carbonyl (C=O) groups excluding carboxylic acids is 1. The van der Waals surface area contributed by atoms with Gasteiger partial charge in [0.05, 0.1) is 17.5 Å². The van der Waals surface area contributed by atoms with Gasteiger partial charge in [-0.3, -0.25) is 9.10 Å². The van der Waals surface area contributed by atoms with Gasteiger partial charge >= 0.3 is 6.18 Å². The molecule has 1 amide bonds. The van der Waals surface area contributed by atoms with E-state index in [1.807, 2.05) is 0 Å². The lowest BCUT2D eigenvalue weighted by molar-refractivity contribution is -0.137. The lowest BCUT2D eigenvalue weighted by Crippen LogP contribution is -2.47. The fourth-order valence-corrected chi connectivity index (χ4v) is 3.78. The standard InChI is InChI=1S/C18H18F4N2O3S/c1-12(24(28(2,26)27)16-8-4-7-15(19)10-16)17(25)23-11-13-5-3-6-14(9-13)18(20,21)22/h3-10,12H,11H2,1-2H3,(H,23,25)/t12-/m1/s1. The maximum atomic E-state index is 13.5. The predicted molar refractivity (Wildman–Crippen MR) is 96.5 cm³/mol. The summed E-state index contributed by atoms with van der Waals surface area (Å²) in [6.45, 7) is 1.07. The fraction of sp³-hybridized carbons (Fsp3) is 0.278. The molecule has 0 aliphatic rings. The molecule has 0 heterocycles. The number of nitrogens with one attached hydrogen (secondary N) is 1. The number of benzene rings is 2. The van der Waals surface area contributed by atoms with Gasteiger partial charge in [-0.15, -0.1) is 0 Å². The molecule has 0 unspecified atom stereocenters. The molecule has 152 valence electrons. The van der Waals surface area contributed by atoms with Gasteiger partial charge in [0.2, 0.25) is 15.9 Å². The molecule has 0 radical (unpaired) electrons. The van der Waals surface area contributed by atoms with Crippen LogP contribution in [-0.4, -0.2) is 26.6 Å². The lowest BCUT2D eigenvalue weighted by Gasteiger charge is -2.28. The molecule has 5 nitrogen and oxygen atoms in total. The van der Waals surface area contributed by atoms with E-state index in [-0.39, 0.29) is 17.8 Å². The summed E-state index contributed by atoms with van der Waals surface area (Å²) in [5.41, 5.74) is -0.693. The van der Waals surface area contributed by atoms with Crippen molar-refractivity contribution >= 4 is 21.6 Å². The molecule has 0 aliphatic carbocycles. The summed E-state index contributed by atoms with van der Waals surface area (Å²) < 4.78 is 76.7. The Kier molecular flexibility index (Phi) is 6.33. The van der Waals surface area contributed by atoms with Crippen LogP contribution >= 0.6 is 0 Å². The molecule has 28 heavy (non-hydrogen) atoms. The van der Waals surface area contributed by atoms with Crippen LogP contribution < -0.4 is 9.62 Å². The second kappa shape index (κ2) is 8.17. The zero-order valence-corrected chi connectivity index (χ0v) is 15.8. The third-order valence-electron chi connectivity index (χ3n) is 3.87. The second-order valence-electron chi connectivity index (χ2n) is 6.13. The van der Waals surface area contributed by atoms with E-state index in [1.54, 1.807) is 0 Å². The van der Waals surface area contributed by atoms with E-state index in [9.17, 15) is 30.8 Å². The number of nitrogens with zero attached hydrogens (tertiary/aromatic N) is 1. The van der Waals surface area contributed by atoms with Crippen LogP contribution in [-0.2, 0) is 27.5 Å². The van der Waals surface area contributed by atoms with Gasteiger partial charge in [0.25, 0.3) is 0 Å². The van der Waals surface area contributed by atoms with E-state index >= 15 is 0 Å². The van der Waals surface area contributed by atoms with Crippen LogP contribution in [0.3, 0.4) is 0 Å². The lowest BCUT2D eigenvalue weighted by atomic mass is 10.1. The Morgan fingerprint density at radius 2 is 1.79 bits per heavy atom. The smallest absolute Gasteiger partial charge is 0.350 e. The number of anilines is 1. The highest BCUT2D eigenvalue weighted by Crippen LogP contribution is 2.29. The van der Waals surface area contributed by atoms with Crippen LogP contribution in [0.5, 0.6) is 0 Å². The van der Waals surface area contributed by atoms with Crippen molar-refractivity contribution < 1.29 is 30.8 Å². The Morgan fingerprint density at radius 1 is 1.14 bits per heavy atom. The summed E-state index contributed by atoms with van der Waals surface area (Å²) in [6, 6.07) is 7.90. The van der Waals surface area contributed by atoms with E-state index < -0.39 is 39.5 Å². The van der Waals surface area contributed by atoms with Crippen molar-refractivity contribution in [1.29, 1.82) is 0 Å². The molecular formula is C18H18F4N2O3S. The van der Waals surface area contributed by atoms with E-state index in [1.165, 1.54) is 31.2 Å². The highest BCUT2D eigenvalue weighted by Gasteiger charge is 2.31. The largest absolute Gasteiger partial charge is 0.416 e. The predicted octanol–water partition coefficient (Wildman–Crippen LogP) is 3.32. The topological polar surface area (TPSA) is 66.5 Å². The van der Waals surface area contributed by atoms with Crippen molar-refractivity contribution in [2.45, 2.75) is 25.7 Å². The Labute approximate surface area is 160 Å². The number of carbonyl (C=O) groups is 1. The van der Waals surface area contributed by atoms with Gasteiger partial charge in [-0.1, -0.05) is 18.2 Å². The van der Waals surface area contributed by atoms with Crippen LogP contribution in [0.4, 0.5) is 23.2 Å². The molecule has 1 N–H and O–H groups in total. The van der Waals surface area contributed by atoms with Gasteiger partial charge in [-0.25, -0.2) is 12.8 Å². The van der Waals surface area contributed by atoms with Crippen molar-refractivity contribution in [3.63, 3.8) is 0 Å². The molecule has 0 spiro atoms. The second-order valence-corrected chi connectivity index (χ2v) is 7.99. The zero-order valence-electron chi connectivity index (χ0n) is 15.0. The van der Waals surface area contributed by atoms with Crippen LogP contribution in [0.25, 0.3) is 0 Å². The first-order valence-corrected chi connectivity index (χ1v) is 9.93. The molecule has 1 atom stereocenters. The van der Waals surface area contributed by atoms with Crippen LogP contribution in [0, 0.1) is 5.82 Å². The Balaban J connectivity index is 2.18. The number of halogens is 4. The number of alkyl halides is 3. The van der Waals surface area contributed by atoms with Gasteiger partial charge in [0.1, 0.15) is 11.9 Å². The quantitative estimate of drug-likeness (QED) is 0.732. The van der Waals surface area contributed by atoms with Crippen LogP contribution in [0.2, 0.25) is 0 Å². The Bertz CT molecular complexity index is 961. The van der Waals surface area contributed by atoms with Gasteiger partial charge in [-0.05, 0) is 42.8 Å². The summed E-state index contributed by atoms with van der Waals surface area (Å²) in [4.78, 5) is 12.4. The monoisotopic (exact) mass is 418 g/mol. The highest BCUT2D eigenvalue weighted by atomic mass is 32.2. The summed E-state index contributed by atoms with van der Waals surface area (Å²) in [7, 11) is -3.93. The van der Waals surface area contributed by atoms with E-state index in [4.69, 9.17) is 0 Å². The normalized spacial score (nSPS) is 13.1. The molecule has 2 aromatic rings. The molecule has 2 rings (SSSR count). The molecule has 0 aliphatic heterocycles. The van der Waals surface area contributed by atoms with Gasteiger partial charge < -0.3 is 5.32 Å². The summed E-state index contributed by atoms with van der Waals surface area (Å²) in [5, 5.41) is 2.41. The third kappa shape index (κ3) is 5.44. The van der Waals surface area contributed by atoms with E-state index in [0.29, 0.717) is 0 Å². The molecule has 0 bridgehead atoms. The number of hydrogen-bond acceptors (Lipinski definition) is 3. The molecule has 2 aromatic carbocycles. The number of hydrogen-bond donors (Lipinski definition) is 1. The Morgan fingerprint density at radius 3 is 2.36 bits per heavy atom. The SMILES string of the molecule is C[C@H](C(=O)NCc1cccc(C(F)(F)F)c1)N(c1cccc(F)c1)S(C)(=O)=O. The summed E-state index contributed by atoms with van der Waals surface area (Å²) in [6.07, 6.45) is -3.65. The fourth-order valence-electron chi connectivity index (χ4n) is 2.62. The van der Waals surface area contributed by atoms with Crippen LogP contribution in [0.1, 0.15) is 18.1 Å². The first-order valence-electron chi connectivity index (χ1n) is 8.08. The van der Waals surface area contributed by atoms with Crippen molar-refractivity contribution in [3.8, 4) is 0 Å². The minimum Gasteiger partial charge on any atom is -0.350 e. The molecule has 0 aromatic heterocycles. The minimum absolute atomic E-state index is 0.0378. The first-order chi connectivity index (χ1) is 12.9. The maximum Gasteiger partial charge on any atom is 0.416 e. The third-order valence-corrected chi connectivity index (χ3v) is 5.11. The zero-order chi connectivity index (χ0) is 21.1. The van der Waals surface area contributed by atoms with E-state index in [2.05, 4.69) is 5.32 Å². The van der Waals surface area contributed by atoms with Gasteiger partial charge in [-0.2, -0.15) is 13.2 Å². The summed E-state index contributed by atoms with van der Waals surface area (Å²) >= 11 is 0. The molecule has 0 fully saturated rings. The molecule has 0 saturated heterocycles. The highest BCUT2D eigenvalue weighted by molar-refractivity contribution is 7.92. The minimum atomic E-state index is -4.52. The van der Waals surface area contributed by atoms with Crippen molar-refractivity contribution in [1.82, 2.24) is 5.32 Å². The first kappa shape index (κ1) is 21.7. The van der Waals surface area contributed by atoms with Crippen molar-refractivity contribution in [2.24, 2.45) is 0 Å². The van der Waals surface area contributed by atoms with Crippen molar-refractivity contribution in [2.75, 3.05) is 10.6 Å². The van der Waals surface area contributed by atoms with Gasteiger partial charge in [0, 0.05) is 6.54 Å². The molecule has 10 heteroatoms. The maximum absolute atomic E-state index is 13.5.